The molecular weight excluding hydrogens is 386 g/mol. The Kier molecular flexibility index (Phi) is 11.0. The van der Waals surface area contributed by atoms with E-state index in [4.69, 9.17) is 11.6 Å². The monoisotopic (exact) mass is 421 g/mol. The minimum Gasteiger partial charge on any atom is -0.390 e. The molecule has 0 saturated heterocycles. The molecule has 1 aromatic carbocycles. The van der Waals surface area contributed by atoms with Crippen LogP contribution in [0.2, 0.25) is 5.02 Å². The summed E-state index contributed by atoms with van der Waals surface area (Å²) in [5, 5.41) is 9.55. The highest BCUT2D eigenvalue weighted by Gasteiger charge is 2.24. The van der Waals surface area contributed by atoms with E-state index in [1.165, 1.54) is 11.1 Å². The number of rotatable bonds is 13. The van der Waals surface area contributed by atoms with Gasteiger partial charge in [0.1, 0.15) is 5.70 Å². The average Bonchev–Trinajstić information content (AvgIpc) is 2.66. The summed E-state index contributed by atoms with van der Waals surface area (Å²) in [7, 11) is 3.60. The van der Waals surface area contributed by atoms with Gasteiger partial charge in [-0.05, 0) is 55.0 Å². The molecule has 162 valence electrons. The van der Waals surface area contributed by atoms with Gasteiger partial charge in [-0.1, -0.05) is 44.9 Å². The van der Waals surface area contributed by atoms with Gasteiger partial charge >= 0.3 is 0 Å². The van der Waals surface area contributed by atoms with Gasteiger partial charge in [-0.3, -0.25) is 9.59 Å². The third-order valence-corrected chi connectivity index (χ3v) is 5.16. The quantitative estimate of drug-likeness (QED) is 0.332. The molecule has 5 nitrogen and oxygen atoms in total. The van der Waals surface area contributed by atoms with Gasteiger partial charge in [0.2, 0.25) is 5.91 Å². The van der Waals surface area contributed by atoms with Gasteiger partial charge in [-0.2, -0.15) is 0 Å². The van der Waals surface area contributed by atoms with Gasteiger partial charge in [0.25, 0.3) is 0 Å². The van der Waals surface area contributed by atoms with Crippen molar-refractivity contribution < 1.29 is 9.59 Å². The molecule has 0 heterocycles. The molecule has 1 aromatic rings. The van der Waals surface area contributed by atoms with Crippen LogP contribution in [-0.4, -0.2) is 32.8 Å². The number of benzene rings is 1. The number of aryl methyl sites for hydroxylation is 1. The first-order valence-electron chi connectivity index (χ1n) is 10.3. The molecule has 0 aliphatic carbocycles. The van der Waals surface area contributed by atoms with E-state index in [1.807, 2.05) is 19.2 Å². The summed E-state index contributed by atoms with van der Waals surface area (Å²) >= 11 is 6.23. The summed E-state index contributed by atoms with van der Waals surface area (Å²) in [6.07, 6.45) is 5.67. The molecule has 0 unspecified atom stereocenters. The maximum absolute atomic E-state index is 12.7. The second-order valence-electron chi connectivity index (χ2n) is 8.20. The van der Waals surface area contributed by atoms with Gasteiger partial charge in [-0.15, -0.1) is 0 Å². The van der Waals surface area contributed by atoms with Gasteiger partial charge < -0.3 is 16.0 Å². The zero-order valence-corrected chi connectivity index (χ0v) is 19.2. The topological polar surface area (TPSA) is 70.2 Å². The fourth-order valence-corrected chi connectivity index (χ4v) is 3.59. The number of carbonyl (C=O) groups is 2. The van der Waals surface area contributed by atoms with E-state index in [-0.39, 0.29) is 11.3 Å². The number of hydrogen-bond acceptors (Lipinski definition) is 4. The van der Waals surface area contributed by atoms with Gasteiger partial charge in [-0.25, -0.2) is 0 Å². The number of nitrogens with one attached hydrogen (secondary N) is 3. The third kappa shape index (κ3) is 9.01. The first-order valence-corrected chi connectivity index (χ1v) is 10.7. The van der Waals surface area contributed by atoms with Gasteiger partial charge in [0.15, 0.2) is 6.29 Å². The van der Waals surface area contributed by atoms with Crippen molar-refractivity contribution in [3.05, 3.63) is 45.7 Å². The van der Waals surface area contributed by atoms with Crippen molar-refractivity contribution in [2.45, 2.75) is 59.3 Å². The Balaban J connectivity index is 2.88. The summed E-state index contributed by atoms with van der Waals surface area (Å²) in [5.74, 6) is -0.161. The van der Waals surface area contributed by atoms with Crippen LogP contribution >= 0.6 is 11.6 Å². The highest BCUT2D eigenvalue weighted by Crippen LogP contribution is 2.30. The Morgan fingerprint density at radius 2 is 1.93 bits per heavy atom. The highest BCUT2D eigenvalue weighted by molar-refractivity contribution is 6.30. The maximum atomic E-state index is 12.7. The molecule has 0 saturated carbocycles. The predicted octanol–water partition coefficient (Wildman–Crippen LogP) is 4.00. The SMILES string of the molecule is CCCCc1ccc(Cl)cc1CC(C)(C)CC(=O)N/C(C=O)=C(\CCNC)NC. The van der Waals surface area contributed by atoms with E-state index in [2.05, 4.69) is 42.8 Å². The van der Waals surface area contributed by atoms with Crippen LogP contribution < -0.4 is 16.0 Å². The number of halogens is 1. The van der Waals surface area contributed by atoms with E-state index >= 15 is 0 Å². The van der Waals surface area contributed by atoms with Gasteiger partial charge in [0.05, 0.1) is 0 Å². The van der Waals surface area contributed by atoms with E-state index < -0.39 is 0 Å². The third-order valence-electron chi connectivity index (χ3n) is 4.92. The predicted molar refractivity (Wildman–Crippen MR) is 121 cm³/mol. The Hall–Kier alpha value is -1.85. The van der Waals surface area contributed by atoms with Crippen molar-refractivity contribution in [3.8, 4) is 0 Å². The molecule has 0 radical (unpaired) electrons. The molecule has 0 aliphatic heterocycles. The molecule has 6 heteroatoms. The Morgan fingerprint density at radius 3 is 2.52 bits per heavy atom. The molecular formula is C23H36ClN3O2. The minimum absolute atomic E-state index is 0.161. The van der Waals surface area contributed by atoms with Crippen LogP contribution in [0.1, 0.15) is 57.6 Å². The lowest BCUT2D eigenvalue weighted by atomic mass is 9.80. The van der Waals surface area contributed by atoms with E-state index in [0.717, 1.165) is 36.4 Å². The van der Waals surface area contributed by atoms with Crippen LogP contribution in [0.15, 0.2) is 29.6 Å². The van der Waals surface area contributed by atoms with E-state index in [1.54, 1.807) is 7.05 Å². The molecule has 0 fully saturated rings. The lowest BCUT2D eigenvalue weighted by Crippen LogP contribution is -2.32. The number of unbranched alkanes of at least 4 members (excludes halogenated alkanes) is 1. The van der Waals surface area contributed by atoms with Crippen molar-refractivity contribution in [1.29, 1.82) is 0 Å². The van der Waals surface area contributed by atoms with E-state index in [0.29, 0.717) is 31.4 Å². The number of aldehydes is 1. The average molecular weight is 422 g/mol. The minimum atomic E-state index is -0.269. The maximum Gasteiger partial charge on any atom is 0.225 e. The standard InChI is InChI=1S/C23H36ClN3O2/c1-6-7-8-17-9-10-19(24)13-18(17)14-23(2,3)15-22(29)27-21(16-28)20(26-5)11-12-25-4/h9-10,13,16,25-26H,6-8,11-12,14-15H2,1-5H3,(H,27,29)/b21-20+. The smallest absolute Gasteiger partial charge is 0.225 e. The zero-order valence-electron chi connectivity index (χ0n) is 18.5. The Morgan fingerprint density at radius 1 is 1.21 bits per heavy atom. The van der Waals surface area contributed by atoms with Crippen LogP contribution in [0.5, 0.6) is 0 Å². The lowest BCUT2D eigenvalue weighted by Gasteiger charge is -2.26. The summed E-state index contributed by atoms with van der Waals surface area (Å²) in [4.78, 5) is 24.2. The molecule has 29 heavy (non-hydrogen) atoms. The molecule has 1 rings (SSSR count). The zero-order chi connectivity index (χ0) is 21.9. The molecule has 0 atom stereocenters. The number of allylic oxidation sites excluding steroid dienone is 1. The number of carbonyl (C=O) groups excluding carboxylic acids is 2. The second kappa shape index (κ2) is 12.7. The first-order chi connectivity index (χ1) is 13.8. The highest BCUT2D eigenvalue weighted by atomic mass is 35.5. The first kappa shape index (κ1) is 25.2. The molecule has 0 aliphatic rings. The Labute approximate surface area is 180 Å². The van der Waals surface area contributed by atoms with Crippen molar-refractivity contribution in [2.75, 3.05) is 20.6 Å². The van der Waals surface area contributed by atoms with Gasteiger partial charge in [0, 0.05) is 37.2 Å². The fraction of sp³-hybridized carbons (Fsp3) is 0.565. The number of hydrogen-bond donors (Lipinski definition) is 3. The van der Waals surface area contributed by atoms with Crippen molar-refractivity contribution in [2.24, 2.45) is 5.41 Å². The van der Waals surface area contributed by atoms with Crippen LogP contribution in [0.4, 0.5) is 0 Å². The number of amides is 1. The Bertz CT molecular complexity index is 714. The van der Waals surface area contributed by atoms with Crippen LogP contribution in [-0.2, 0) is 22.4 Å². The van der Waals surface area contributed by atoms with Crippen molar-refractivity contribution in [1.82, 2.24) is 16.0 Å². The lowest BCUT2D eigenvalue weighted by molar-refractivity contribution is -0.123. The second-order valence-corrected chi connectivity index (χ2v) is 8.63. The van der Waals surface area contributed by atoms with Crippen LogP contribution in [0.25, 0.3) is 0 Å². The fourth-order valence-electron chi connectivity index (χ4n) is 3.40. The molecule has 0 spiro atoms. The van der Waals surface area contributed by atoms with E-state index in [9.17, 15) is 9.59 Å². The summed E-state index contributed by atoms with van der Waals surface area (Å²) in [6, 6.07) is 6.04. The van der Waals surface area contributed by atoms with Crippen molar-refractivity contribution in [3.63, 3.8) is 0 Å². The molecule has 1 amide bonds. The van der Waals surface area contributed by atoms with Crippen molar-refractivity contribution >= 4 is 23.8 Å². The normalized spacial score (nSPS) is 12.3. The largest absolute Gasteiger partial charge is 0.390 e. The van der Waals surface area contributed by atoms with Crippen LogP contribution in [0.3, 0.4) is 0 Å². The molecule has 0 aromatic heterocycles. The molecule has 0 bridgehead atoms. The summed E-state index contributed by atoms with van der Waals surface area (Å²) < 4.78 is 0. The summed E-state index contributed by atoms with van der Waals surface area (Å²) in [6.45, 7) is 7.03. The van der Waals surface area contributed by atoms with Crippen LogP contribution in [0, 0.1) is 5.41 Å². The molecule has 3 N–H and O–H groups in total. The summed E-state index contributed by atoms with van der Waals surface area (Å²) in [5.41, 5.74) is 3.24.